The summed E-state index contributed by atoms with van der Waals surface area (Å²) >= 11 is 6.57. The Morgan fingerprint density at radius 1 is 1.30 bits per heavy atom. The van der Waals surface area contributed by atoms with Gasteiger partial charge in [0, 0.05) is 18.2 Å². The van der Waals surface area contributed by atoms with Gasteiger partial charge < -0.3 is 26.0 Å². The molecule has 5 N–H and O–H groups in total. The van der Waals surface area contributed by atoms with E-state index in [9.17, 15) is 14.7 Å². The molecule has 192 valence electrons. The first kappa shape index (κ1) is 24.9. The first-order valence-corrected chi connectivity index (χ1v) is 12.5. The second-order valence-electron chi connectivity index (χ2n) is 9.64. The van der Waals surface area contributed by atoms with Gasteiger partial charge in [0.1, 0.15) is 17.2 Å². The highest BCUT2D eigenvalue weighted by Crippen LogP contribution is 2.39. The summed E-state index contributed by atoms with van der Waals surface area (Å²) in [6.45, 7) is 7.36. The molecule has 2 aliphatic rings. The van der Waals surface area contributed by atoms with Gasteiger partial charge in [-0.1, -0.05) is 24.1 Å². The Bertz CT molecular complexity index is 1510. The van der Waals surface area contributed by atoms with Crippen molar-refractivity contribution in [2.75, 3.05) is 12.3 Å². The lowest BCUT2D eigenvalue weighted by molar-refractivity contribution is -0.128. The second kappa shape index (κ2) is 9.25. The average Bonchev–Trinajstić information content (AvgIpc) is 3.35. The Morgan fingerprint density at radius 3 is 2.65 bits per heavy atom. The molecule has 1 unspecified atom stereocenters. The van der Waals surface area contributed by atoms with Gasteiger partial charge in [-0.2, -0.15) is 5.10 Å². The van der Waals surface area contributed by atoms with E-state index in [0.29, 0.717) is 23.0 Å². The Hall–Kier alpha value is -3.81. The molecule has 11 heteroatoms. The number of amides is 2. The fourth-order valence-corrected chi connectivity index (χ4v) is 5.36. The minimum absolute atomic E-state index is 0.000602. The zero-order chi connectivity index (χ0) is 26.6. The number of hydrogen-bond acceptors (Lipinski definition) is 6. The number of aromatic nitrogens is 4. The molecule has 3 heterocycles. The number of nitrogens with zero attached hydrogens (tertiary/aromatic N) is 5. The molecule has 1 aliphatic heterocycles. The zero-order valence-corrected chi connectivity index (χ0v) is 21.4. The molecule has 2 fully saturated rings. The number of nitrogens with two attached hydrogens (primary N) is 2. The standard InChI is InChI=1S/C26H28ClN7O3/c1-4-23(36)32-12-17(10-21(32)13(2)35)34-25(28)24(26(29)37)19(31-34)8-5-15-9-20-22(11-18(15)27)33(14(3)30-20)16-6-7-16/h4,9,11,13,16-17,21,35H,1,6-7,10,12,28H2,2-3H3,(H2,29,37)/t13?,17-,21+/m0/s1. The van der Waals surface area contributed by atoms with Gasteiger partial charge in [0.15, 0.2) is 5.69 Å². The van der Waals surface area contributed by atoms with Crippen molar-refractivity contribution in [3.63, 3.8) is 0 Å². The van der Waals surface area contributed by atoms with E-state index in [-0.39, 0.29) is 35.6 Å². The van der Waals surface area contributed by atoms with Crippen molar-refractivity contribution in [1.29, 1.82) is 0 Å². The number of benzene rings is 1. The molecule has 10 nitrogen and oxygen atoms in total. The predicted octanol–water partition coefficient (Wildman–Crippen LogP) is 2.32. The zero-order valence-electron chi connectivity index (χ0n) is 20.6. The predicted molar refractivity (Wildman–Crippen MR) is 140 cm³/mol. The maximum Gasteiger partial charge on any atom is 0.255 e. The molecule has 37 heavy (non-hydrogen) atoms. The van der Waals surface area contributed by atoms with E-state index < -0.39 is 18.1 Å². The highest BCUT2D eigenvalue weighted by Gasteiger charge is 2.39. The van der Waals surface area contributed by atoms with Gasteiger partial charge in [-0.05, 0) is 57.2 Å². The van der Waals surface area contributed by atoms with Crippen molar-refractivity contribution in [1.82, 2.24) is 24.2 Å². The molecule has 0 radical (unpaired) electrons. The highest BCUT2D eigenvalue weighted by molar-refractivity contribution is 6.32. The van der Waals surface area contributed by atoms with Crippen molar-refractivity contribution >= 4 is 40.3 Å². The maximum atomic E-state index is 12.3. The van der Waals surface area contributed by atoms with Gasteiger partial charge in [-0.15, -0.1) is 0 Å². The van der Waals surface area contributed by atoms with E-state index in [4.69, 9.17) is 23.1 Å². The van der Waals surface area contributed by atoms with Crippen molar-refractivity contribution in [3.8, 4) is 11.8 Å². The maximum absolute atomic E-state index is 12.3. The number of imidazole rings is 1. The smallest absolute Gasteiger partial charge is 0.255 e. The number of likely N-dealkylation sites (tertiary alicyclic amines) is 1. The van der Waals surface area contributed by atoms with Crippen LogP contribution in [0, 0.1) is 18.8 Å². The summed E-state index contributed by atoms with van der Waals surface area (Å²) in [6, 6.07) is 3.32. The van der Waals surface area contributed by atoms with E-state index in [1.54, 1.807) is 6.92 Å². The number of primary amides is 1. The summed E-state index contributed by atoms with van der Waals surface area (Å²) in [6.07, 6.45) is 3.07. The SMILES string of the molecule is C=CC(=O)N1C[C@@H](n2nc(C#Cc3cc4nc(C)n(C5CC5)c4cc3Cl)c(C(N)=O)c2N)C[C@@H]1C(C)O. The van der Waals surface area contributed by atoms with Crippen molar-refractivity contribution in [2.24, 2.45) is 5.73 Å². The molecule has 1 aliphatic carbocycles. The van der Waals surface area contributed by atoms with Crippen LogP contribution < -0.4 is 11.5 Å². The molecular formula is C26H28ClN7O3. The van der Waals surface area contributed by atoms with Crippen LogP contribution in [0.4, 0.5) is 5.82 Å². The molecule has 3 aromatic rings. The van der Waals surface area contributed by atoms with E-state index in [2.05, 4.69) is 33.1 Å². The first-order chi connectivity index (χ1) is 17.6. The first-order valence-electron chi connectivity index (χ1n) is 12.1. The number of aliphatic hydroxyl groups is 1. The average molecular weight is 522 g/mol. The van der Waals surface area contributed by atoms with E-state index >= 15 is 0 Å². The third-order valence-electron chi connectivity index (χ3n) is 7.06. The number of rotatable bonds is 5. The monoisotopic (exact) mass is 521 g/mol. The topological polar surface area (TPSA) is 145 Å². The number of aryl methyl sites for hydroxylation is 1. The van der Waals surface area contributed by atoms with Gasteiger partial charge in [0.25, 0.3) is 5.91 Å². The van der Waals surface area contributed by atoms with E-state index in [1.807, 2.05) is 19.1 Å². The van der Waals surface area contributed by atoms with Crippen LogP contribution in [0.2, 0.25) is 5.02 Å². The Balaban J connectivity index is 1.51. The van der Waals surface area contributed by atoms with Crippen LogP contribution in [0.3, 0.4) is 0 Å². The minimum atomic E-state index is -0.773. The quantitative estimate of drug-likeness (QED) is 0.347. The summed E-state index contributed by atoms with van der Waals surface area (Å²) in [5.74, 6) is 5.82. The third-order valence-corrected chi connectivity index (χ3v) is 7.37. The number of aliphatic hydroxyl groups excluding tert-OH is 1. The molecule has 1 saturated carbocycles. The van der Waals surface area contributed by atoms with Crippen LogP contribution in [0.25, 0.3) is 11.0 Å². The normalized spacial score (nSPS) is 20.1. The van der Waals surface area contributed by atoms with Crippen LogP contribution >= 0.6 is 11.6 Å². The van der Waals surface area contributed by atoms with E-state index in [0.717, 1.165) is 29.7 Å². The fraction of sp³-hybridized carbons (Fsp3) is 0.385. The van der Waals surface area contributed by atoms with Crippen LogP contribution in [0.5, 0.6) is 0 Å². The molecule has 3 atom stereocenters. The van der Waals surface area contributed by atoms with Crippen LogP contribution in [0.1, 0.15) is 65.7 Å². The van der Waals surface area contributed by atoms with Gasteiger partial charge in [0.05, 0.1) is 34.2 Å². The molecule has 0 bridgehead atoms. The third kappa shape index (κ3) is 4.34. The number of anilines is 1. The minimum Gasteiger partial charge on any atom is -0.391 e. The Kier molecular flexibility index (Phi) is 6.22. The summed E-state index contributed by atoms with van der Waals surface area (Å²) < 4.78 is 3.66. The number of hydrogen-bond donors (Lipinski definition) is 3. The number of carbonyl (C=O) groups is 2. The molecule has 0 spiro atoms. The van der Waals surface area contributed by atoms with Gasteiger partial charge in [0.2, 0.25) is 5.91 Å². The summed E-state index contributed by atoms with van der Waals surface area (Å²) in [5, 5.41) is 15.2. The highest BCUT2D eigenvalue weighted by atomic mass is 35.5. The fourth-order valence-electron chi connectivity index (χ4n) is 5.16. The summed E-state index contributed by atoms with van der Waals surface area (Å²) in [4.78, 5) is 30.8. The number of fused-ring (bicyclic) bond motifs is 1. The van der Waals surface area contributed by atoms with Gasteiger partial charge >= 0.3 is 0 Å². The Labute approximate surface area is 218 Å². The molecular weight excluding hydrogens is 494 g/mol. The number of nitrogen functional groups attached to an aromatic ring is 1. The van der Waals surface area contributed by atoms with E-state index in [1.165, 1.54) is 15.7 Å². The Morgan fingerprint density at radius 2 is 2.03 bits per heavy atom. The second-order valence-corrected chi connectivity index (χ2v) is 10.0. The lowest BCUT2D eigenvalue weighted by Gasteiger charge is -2.25. The molecule has 1 aromatic carbocycles. The number of halogens is 1. The molecule has 5 rings (SSSR count). The van der Waals surface area contributed by atoms with Gasteiger partial charge in [-0.25, -0.2) is 9.67 Å². The molecule has 1 saturated heterocycles. The van der Waals surface area contributed by atoms with Crippen LogP contribution in [0.15, 0.2) is 24.8 Å². The van der Waals surface area contributed by atoms with Crippen molar-refractivity contribution in [3.05, 3.63) is 52.5 Å². The molecule has 2 amide bonds. The van der Waals surface area contributed by atoms with Crippen LogP contribution in [-0.2, 0) is 4.79 Å². The lowest BCUT2D eigenvalue weighted by atomic mass is 10.1. The van der Waals surface area contributed by atoms with Crippen molar-refractivity contribution in [2.45, 2.75) is 57.3 Å². The molecule has 2 aromatic heterocycles. The largest absolute Gasteiger partial charge is 0.391 e. The summed E-state index contributed by atoms with van der Waals surface area (Å²) in [7, 11) is 0. The number of carbonyl (C=O) groups excluding carboxylic acids is 2. The lowest BCUT2D eigenvalue weighted by Crippen LogP contribution is -2.40. The van der Waals surface area contributed by atoms with Gasteiger partial charge in [-0.3, -0.25) is 9.59 Å². The summed E-state index contributed by atoms with van der Waals surface area (Å²) in [5.41, 5.74) is 14.3. The van der Waals surface area contributed by atoms with Crippen molar-refractivity contribution < 1.29 is 14.7 Å². The van der Waals surface area contributed by atoms with Crippen LogP contribution in [-0.4, -0.2) is 59.8 Å².